The van der Waals surface area contributed by atoms with E-state index < -0.39 is 0 Å². The van der Waals surface area contributed by atoms with Crippen LogP contribution in [-0.4, -0.2) is 0 Å². The first-order valence-electron chi connectivity index (χ1n) is 3.17. The number of unbranched alkanes of at least 4 members (excludes halogenated alkanes) is 1. The minimum absolute atomic E-state index is 1.11. The van der Waals surface area contributed by atoms with Crippen LogP contribution >= 0.6 is 0 Å². The Kier molecular flexibility index (Phi) is 6.06. The molecule has 0 spiro atoms. The first-order chi connectivity index (χ1) is 3.91. The lowest BCUT2D eigenvalue weighted by Gasteiger charge is -1.81. The van der Waals surface area contributed by atoms with E-state index in [9.17, 15) is 0 Å². The first-order valence-corrected chi connectivity index (χ1v) is 3.17. The van der Waals surface area contributed by atoms with Gasteiger partial charge in [-0.2, -0.15) is 0 Å². The third kappa shape index (κ3) is 5.48. The van der Waals surface area contributed by atoms with Crippen molar-refractivity contribution in [2.45, 2.75) is 26.2 Å². The highest BCUT2D eigenvalue weighted by Crippen LogP contribution is 1.91. The van der Waals surface area contributed by atoms with Gasteiger partial charge >= 0.3 is 0 Å². The highest BCUT2D eigenvalue weighted by molar-refractivity contribution is 4.82. The Labute approximate surface area is 51.9 Å². The van der Waals surface area contributed by atoms with Crippen LogP contribution < -0.4 is 0 Å². The summed E-state index contributed by atoms with van der Waals surface area (Å²) in [5.41, 5.74) is 0. The molecule has 0 aromatic rings. The summed E-state index contributed by atoms with van der Waals surface area (Å²) >= 11 is 0. The van der Waals surface area contributed by atoms with Crippen LogP contribution in [0.1, 0.15) is 26.2 Å². The Morgan fingerprint density at radius 2 is 2.00 bits per heavy atom. The van der Waals surface area contributed by atoms with Crippen LogP contribution in [0.25, 0.3) is 0 Å². The molecule has 0 saturated carbocycles. The van der Waals surface area contributed by atoms with Gasteiger partial charge in [0.2, 0.25) is 0 Å². The molecule has 0 heteroatoms. The monoisotopic (exact) mass is 110 g/mol. The van der Waals surface area contributed by atoms with Gasteiger partial charge in [0.25, 0.3) is 0 Å². The molecular weight excluding hydrogens is 96.1 g/mol. The van der Waals surface area contributed by atoms with Gasteiger partial charge in [0.15, 0.2) is 0 Å². The maximum atomic E-state index is 3.62. The topological polar surface area (TPSA) is 0 Å². The molecule has 0 nitrogen and oxygen atoms in total. The molecule has 0 radical (unpaired) electrons. The molecule has 46 valence electrons. The summed E-state index contributed by atoms with van der Waals surface area (Å²) in [5, 5.41) is 0. The third-order valence-electron chi connectivity index (χ3n) is 0.940. The summed E-state index contributed by atoms with van der Waals surface area (Å²) in [4.78, 5) is 0. The van der Waals surface area contributed by atoms with Crippen LogP contribution in [0, 0.1) is 0 Å². The second-order valence-electron chi connectivity index (χ2n) is 1.75. The number of allylic oxidation sites excluding steroid dienone is 3. The maximum absolute atomic E-state index is 3.62. The van der Waals surface area contributed by atoms with E-state index in [4.69, 9.17) is 0 Å². The zero-order valence-corrected chi connectivity index (χ0v) is 5.56. The lowest BCUT2D eigenvalue weighted by Crippen LogP contribution is -1.61. The van der Waals surface area contributed by atoms with Crippen molar-refractivity contribution in [1.29, 1.82) is 0 Å². The zero-order chi connectivity index (χ0) is 6.24. The molecule has 8 heavy (non-hydrogen) atoms. The molecule has 0 heterocycles. The molecule has 0 rings (SSSR count). The summed E-state index contributed by atoms with van der Waals surface area (Å²) in [6.45, 7) is 5.77. The molecule has 0 aliphatic heterocycles. The van der Waals surface area contributed by atoms with Gasteiger partial charge in [0, 0.05) is 0 Å². The first kappa shape index (κ1) is 7.48. The van der Waals surface area contributed by atoms with E-state index in [1.54, 1.807) is 0 Å². The van der Waals surface area contributed by atoms with Crippen LogP contribution in [0.4, 0.5) is 0 Å². The predicted octanol–water partition coefficient (Wildman–Crippen LogP) is 2.92. The average molecular weight is 110 g/mol. The summed E-state index contributed by atoms with van der Waals surface area (Å²) in [5.74, 6) is 0. The quantitative estimate of drug-likeness (QED) is 0.385. The highest BCUT2D eigenvalue weighted by Gasteiger charge is 1.70. The smallest absolute Gasteiger partial charge is 0.0316 e. The average Bonchev–Trinajstić information content (AvgIpc) is 1.81. The van der Waals surface area contributed by atoms with Gasteiger partial charge in [-0.05, 0) is 19.3 Å². The van der Waals surface area contributed by atoms with Crippen LogP contribution in [0.3, 0.4) is 0 Å². The fourth-order valence-electron chi connectivity index (χ4n) is 0.499. The van der Waals surface area contributed by atoms with Gasteiger partial charge in [-0.15, -0.1) is 6.58 Å². The molecule has 0 aliphatic rings. The normalized spacial score (nSPS) is 10.1. The van der Waals surface area contributed by atoms with Gasteiger partial charge in [0.05, 0.1) is 0 Å². The SMILES string of the molecule is C=CCCC=CCC. The van der Waals surface area contributed by atoms with Crippen molar-refractivity contribution in [3.63, 3.8) is 0 Å². The van der Waals surface area contributed by atoms with E-state index in [1.807, 2.05) is 6.08 Å². The Hall–Kier alpha value is -0.520. The van der Waals surface area contributed by atoms with Crippen LogP contribution in [0.5, 0.6) is 0 Å². The Balaban J connectivity index is 2.90. The lowest BCUT2D eigenvalue weighted by atomic mass is 10.3. The summed E-state index contributed by atoms with van der Waals surface area (Å²) in [6.07, 6.45) is 9.73. The van der Waals surface area contributed by atoms with Crippen molar-refractivity contribution in [2.24, 2.45) is 0 Å². The Morgan fingerprint density at radius 3 is 2.50 bits per heavy atom. The van der Waals surface area contributed by atoms with E-state index in [-0.39, 0.29) is 0 Å². The Morgan fingerprint density at radius 1 is 1.25 bits per heavy atom. The van der Waals surface area contributed by atoms with E-state index in [0.717, 1.165) is 19.3 Å². The van der Waals surface area contributed by atoms with Crippen molar-refractivity contribution in [1.82, 2.24) is 0 Å². The summed E-state index contributed by atoms with van der Waals surface area (Å²) in [6, 6.07) is 0. The van der Waals surface area contributed by atoms with Gasteiger partial charge in [-0.3, -0.25) is 0 Å². The van der Waals surface area contributed by atoms with Gasteiger partial charge in [0.1, 0.15) is 0 Å². The van der Waals surface area contributed by atoms with Crippen LogP contribution in [0.15, 0.2) is 24.8 Å². The molecular formula is C8H14. The molecule has 0 aliphatic carbocycles. The minimum atomic E-state index is 1.11. The van der Waals surface area contributed by atoms with Crippen molar-refractivity contribution in [2.75, 3.05) is 0 Å². The predicted molar refractivity (Wildman–Crippen MR) is 38.9 cm³/mol. The minimum Gasteiger partial charge on any atom is -0.103 e. The molecule has 0 unspecified atom stereocenters. The van der Waals surface area contributed by atoms with E-state index in [0.29, 0.717) is 0 Å². The van der Waals surface area contributed by atoms with Crippen molar-refractivity contribution >= 4 is 0 Å². The zero-order valence-electron chi connectivity index (χ0n) is 5.56. The maximum Gasteiger partial charge on any atom is -0.0316 e. The fourth-order valence-corrected chi connectivity index (χ4v) is 0.499. The molecule has 0 aromatic carbocycles. The fraction of sp³-hybridized carbons (Fsp3) is 0.500. The Bertz CT molecular complexity index is 70.1. The van der Waals surface area contributed by atoms with Crippen molar-refractivity contribution in [3.05, 3.63) is 24.8 Å². The molecule has 0 N–H and O–H groups in total. The number of rotatable bonds is 4. The second kappa shape index (κ2) is 6.48. The summed E-state index contributed by atoms with van der Waals surface area (Å²) in [7, 11) is 0. The molecule has 0 aromatic heterocycles. The van der Waals surface area contributed by atoms with E-state index in [1.165, 1.54) is 0 Å². The lowest BCUT2D eigenvalue weighted by molar-refractivity contribution is 1.04. The van der Waals surface area contributed by atoms with Crippen molar-refractivity contribution < 1.29 is 0 Å². The van der Waals surface area contributed by atoms with Gasteiger partial charge in [-0.25, -0.2) is 0 Å². The second-order valence-corrected chi connectivity index (χ2v) is 1.75. The van der Waals surface area contributed by atoms with Gasteiger partial charge in [-0.1, -0.05) is 25.2 Å². The van der Waals surface area contributed by atoms with E-state index in [2.05, 4.69) is 25.7 Å². The van der Waals surface area contributed by atoms with E-state index >= 15 is 0 Å². The van der Waals surface area contributed by atoms with Crippen molar-refractivity contribution in [3.8, 4) is 0 Å². The molecule has 0 atom stereocenters. The molecule has 0 saturated heterocycles. The standard InChI is InChI=1S/C8H14/c1-3-5-7-8-6-4-2/h3,6,8H,1,4-5,7H2,2H3. The molecule has 0 amide bonds. The van der Waals surface area contributed by atoms with Crippen LogP contribution in [-0.2, 0) is 0 Å². The number of hydrogen-bond donors (Lipinski definition) is 0. The summed E-state index contributed by atoms with van der Waals surface area (Å²) < 4.78 is 0. The molecule has 0 fully saturated rings. The largest absolute Gasteiger partial charge is 0.103 e. The van der Waals surface area contributed by atoms with Gasteiger partial charge < -0.3 is 0 Å². The third-order valence-corrected chi connectivity index (χ3v) is 0.940. The number of hydrogen-bond acceptors (Lipinski definition) is 0. The van der Waals surface area contributed by atoms with Crippen LogP contribution in [0.2, 0.25) is 0 Å². The highest BCUT2D eigenvalue weighted by atomic mass is 13.8. The molecule has 0 bridgehead atoms.